The Morgan fingerprint density at radius 3 is 2.78 bits per heavy atom. The molecular formula is C12H17N5S. The van der Waals surface area contributed by atoms with E-state index in [2.05, 4.69) is 15.0 Å². The zero-order valence-corrected chi connectivity index (χ0v) is 11.7. The fourth-order valence-electron chi connectivity index (χ4n) is 1.75. The molecule has 5 nitrogen and oxygen atoms in total. The molecule has 0 radical (unpaired) electrons. The number of thiocarbonyl (C=S) groups is 1. The molecule has 2 aromatic rings. The van der Waals surface area contributed by atoms with Gasteiger partial charge in [-0.25, -0.2) is 9.50 Å². The van der Waals surface area contributed by atoms with E-state index in [1.165, 1.54) is 0 Å². The van der Waals surface area contributed by atoms with Crippen LogP contribution in [0.15, 0.2) is 12.1 Å². The smallest absolute Gasteiger partial charge is 0.166 e. The van der Waals surface area contributed by atoms with E-state index in [1.54, 1.807) is 4.52 Å². The van der Waals surface area contributed by atoms with Crippen molar-refractivity contribution >= 4 is 22.9 Å². The molecule has 0 aliphatic carbocycles. The van der Waals surface area contributed by atoms with Crippen LogP contribution in [0.3, 0.4) is 0 Å². The molecule has 0 amide bonds. The van der Waals surface area contributed by atoms with Gasteiger partial charge in [-0.2, -0.15) is 5.10 Å². The van der Waals surface area contributed by atoms with Crippen LogP contribution in [-0.2, 0) is 6.42 Å². The zero-order chi connectivity index (χ0) is 13.3. The van der Waals surface area contributed by atoms with Crippen molar-refractivity contribution in [2.45, 2.75) is 13.3 Å². The summed E-state index contributed by atoms with van der Waals surface area (Å²) < 4.78 is 1.81. The van der Waals surface area contributed by atoms with Gasteiger partial charge in [-0.15, -0.1) is 0 Å². The third-order valence-corrected chi connectivity index (χ3v) is 2.99. The Bertz CT molecular complexity index is 587. The van der Waals surface area contributed by atoms with Crippen molar-refractivity contribution in [2.75, 3.05) is 20.6 Å². The van der Waals surface area contributed by atoms with Crippen LogP contribution in [0, 0.1) is 6.92 Å². The summed E-state index contributed by atoms with van der Waals surface area (Å²) in [6, 6.07) is 3.85. The minimum Gasteiger partial charge on any atom is -0.389 e. The van der Waals surface area contributed by atoms with Crippen LogP contribution in [0.2, 0.25) is 0 Å². The molecule has 2 aromatic heterocycles. The summed E-state index contributed by atoms with van der Waals surface area (Å²) in [5, 5.41) is 4.49. The number of nitrogens with two attached hydrogens (primary N) is 1. The number of aromatic nitrogens is 3. The highest BCUT2D eigenvalue weighted by atomic mass is 32.1. The van der Waals surface area contributed by atoms with Gasteiger partial charge in [0, 0.05) is 18.7 Å². The second-order valence-corrected chi connectivity index (χ2v) is 5.01. The number of rotatable bonds is 4. The molecule has 0 bridgehead atoms. The maximum absolute atomic E-state index is 5.70. The first-order valence-corrected chi connectivity index (χ1v) is 6.19. The van der Waals surface area contributed by atoms with Crippen LogP contribution >= 0.6 is 12.2 Å². The summed E-state index contributed by atoms with van der Waals surface area (Å²) in [7, 11) is 4.06. The third kappa shape index (κ3) is 2.49. The van der Waals surface area contributed by atoms with Crippen LogP contribution in [0.25, 0.3) is 5.65 Å². The predicted octanol–water partition coefficient (Wildman–Crippen LogP) is 0.776. The van der Waals surface area contributed by atoms with Gasteiger partial charge in [-0.05, 0) is 33.2 Å². The number of aryl methyl sites for hydroxylation is 1. The molecule has 96 valence electrons. The van der Waals surface area contributed by atoms with Gasteiger partial charge in [0.2, 0.25) is 0 Å². The first-order valence-electron chi connectivity index (χ1n) is 5.79. The molecule has 0 unspecified atom stereocenters. The van der Waals surface area contributed by atoms with Gasteiger partial charge >= 0.3 is 0 Å². The van der Waals surface area contributed by atoms with E-state index in [9.17, 15) is 0 Å². The molecule has 2 heterocycles. The standard InChI is InChI=1S/C12H17N5S/c1-8-4-5-9(11(13)18)12-14-10(15-17(8)12)6-7-16(2)3/h4-5H,6-7H2,1-3H3,(H2,13,18). The lowest BCUT2D eigenvalue weighted by Crippen LogP contribution is -2.15. The fraction of sp³-hybridized carbons (Fsp3) is 0.417. The second-order valence-electron chi connectivity index (χ2n) is 4.57. The van der Waals surface area contributed by atoms with E-state index in [-0.39, 0.29) is 0 Å². The molecule has 0 aromatic carbocycles. The van der Waals surface area contributed by atoms with Gasteiger partial charge in [-0.1, -0.05) is 12.2 Å². The van der Waals surface area contributed by atoms with Crippen LogP contribution < -0.4 is 5.73 Å². The monoisotopic (exact) mass is 263 g/mol. The van der Waals surface area contributed by atoms with Crippen molar-refractivity contribution in [1.82, 2.24) is 19.5 Å². The van der Waals surface area contributed by atoms with Crippen molar-refractivity contribution < 1.29 is 0 Å². The average Bonchev–Trinajstić information content (AvgIpc) is 2.71. The molecule has 0 aliphatic heterocycles. The molecular weight excluding hydrogens is 246 g/mol. The van der Waals surface area contributed by atoms with E-state index >= 15 is 0 Å². The molecule has 0 saturated heterocycles. The fourth-order valence-corrected chi connectivity index (χ4v) is 1.91. The van der Waals surface area contributed by atoms with Crippen LogP contribution in [0.5, 0.6) is 0 Å². The summed E-state index contributed by atoms with van der Waals surface area (Å²) in [6.45, 7) is 2.90. The van der Waals surface area contributed by atoms with Gasteiger partial charge in [0.05, 0.1) is 5.56 Å². The lowest BCUT2D eigenvalue weighted by Gasteiger charge is -2.05. The number of fused-ring (bicyclic) bond motifs is 1. The summed E-state index contributed by atoms with van der Waals surface area (Å²) in [5.74, 6) is 0.815. The van der Waals surface area contributed by atoms with E-state index in [4.69, 9.17) is 18.0 Å². The normalized spacial score (nSPS) is 11.3. The Morgan fingerprint density at radius 1 is 1.44 bits per heavy atom. The number of hydrogen-bond donors (Lipinski definition) is 1. The van der Waals surface area contributed by atoms with E-state index in [1.807, 2.05) is 33.2 Å². The summed E-state index contributed by atoms with van der Waals surface area (Å²) in [6.07, 6.45) is 0.810. The molecule has 0 spiro atoms. The SMILES string of the molecule is Cc1ccc(C(N)=S)c2nc(CCN(C)C)nn12. The highest BCUT2D eigenvalue weighted by Gasteiger charge is 2.11. The largest absolute Gasteiger partial charge is 0.389 e. The first kappa shape index (κ1) is 12.9. The summed E-state index contributed by atoms with van der Waals surface area (Å²) >= 11 is 5.04. The highest BCUT2D eigenvalue weighted by Crippen LogP contribution is 2.12. The molecule has 6 heteroatoms. The maximum atomic E-state index is 5.70. The molecule has 0 atom stereocenters. The van der Waals surface area contributed by atoms with Gasteiger partial charge in [0.1, 0.15) is 4.99 Å². The molecule has 0 saturated carbocycles. The number of hydrogen-bond acceptors (Lipinski definition) is 4. The van der Waals surface area contributed by atoms with Crippen molar-refractivity contribution in [3.63, 3.8) is 0 Å². The van der Waals surface area contributed by atoms with Crippen molar-refractivity contribution in [2.24, 2.45) is 5.73 Å². The van der Waals surface area contributed by atoms with Gasteiger partial charge in [-0.3, -0.25) is 0 Å². The van der Waals surface area contributed by atoms with Crippen LogP contribution in [-0.4, -0.2) is 45.1 Å². The Morgan fingerprint density at radius 2 is 2.17 bits per heavy atom. The van der Waals surface area contributed by atoms with Gasteiger partial charge in [0.25, 0.3) is 0 Å². The molecule has 0 fully saturated rings. The Hall–Kier alpha value is -1.53. The van der Waals surface area contributed by atoms with E-state index < -0.39 is 0 Å². The Balaban J connectivity index is 2.45. The quantitative estimate of drug-likeness (QED) is 0.826. The average molecular weight is 263 g/mol. The molecule has 2 rings (SSSR count). The summed E-state index contributed by atoms with van der Waals surface area (Å²) in [4.78, 5) is 6.98. The number of nitrogens with zero attached hydrogens (tertiary/aromatic N) is 4. The van der Waals surface area contributed by atoms with Gasteiger partial charge in [0.15, 0.2) is 11.5 Å². The highest BCUT2D eigenvalue weighted by molar-refractivity contribution is 7.80. The Labute approximate surface area is 112 Å². The molecule has 0 aliphatic rings. The van der Waals surface area contributed by atoms with Gasteiger partial charge < -0.3 is 10.6 Å². The number of likely N-dealkylation sites (N-methyl/N-ethyl adjacent to an activating group) is 1. The zero-order valence-electron chi connectivity index (χ0n) is 10.8. The topological polar surface area (TPSA) is 59.5 Å². The summed E-state index contributed by atoms with van der Waals surface area (Å²) in [5.41, 5.74) is 8.25. The molecule has 2 N–H and O–H groups in total. The Kier molecular flexibility index (Phi) is 3.58. The predicted molar refractivity (Wildman–Crippen MR) is 75.9 cm³/mol. The third-order valence-electron chi connectivity index (χ3n) is 2.77. The molecule has 18 heavy (non-hydrogen) atoms. The number of pyridine rings is 1. The lowest BCUT2D eigenvalue weighted by atomic mass is 10.2. The second kappa shape index (κ2) is 4.99. The van der Waals surface area contributed by atoms with Crippen molar-refractivity contribution in [3.8, 4) is 0 Å². The first-order chi connectivity index (χ1) is 8.49. The minimum absolute atomic E-state index is 0.353. The van der Waals surface area contributed by atoms with Crippen molar-refractivity contribution in [1.29, 1.82) is 0 Å². The van der Waals surface area contributed by atoms with E-state index in [0.717, 1.165) is 35.7 Å². The van der Waals surface area contributed by atoms with E-state index in [0.29, 0.717) is 4.99 Å². The lowest BCUT2D eigenvalue weighted by molar-refractivity contribution is 0.409. The maximum Gasteiger partial charge on any atom is 0.166 e. The van der Waals surface area contributed by atoms with Crippen LogP contribution in [0.1, 0.15) is 17.1 Å². The van der Waals surface area contributed by atoms with Crippen molar-refractivity contribution in [3.05, 3.63) is 29.2 Å². The minimum atomic E-state index is 0.353. The van der Waals surface area contributed by atoms with Crippen LogP contribution in [0.4, 0.5) is 0 Å².